The first-order chi connectivity index (χ1) is 6.43. The minimum absolute atomic E-state index is 0.172. The number of halogens is 1. The highest BCUT2D eigenvalue weighted by Crippen LogP contribution is 2.31. The molecule has 3 heteroatoms. The summed E-state index contributed by atoms with van der Waals surface area (Å²) in [6.07, 6.45) is 0.969. The molecule has 0 aliphatic rings. The number of hydrogen-bond acceptors (Lipinski definition) is 2. The Kier molecular flexibility index (Phi) is 4.16. The molecule has 1 aromatic heterocycles. The molecule has 80 valence electrons. The van der Waals surface area contributed by atoms with E-state index in [1.54, 1.807) is 11.3 Å². The van der Waals surface area contributed by atoms with Crippen LogP contribution in [0.25, 0.3) is 0 Å². The van der Waals surface area contributed by atoms with Gasteiger partial charge in [-0.25, -0.2) is 0 Å². The fraction of sp³-hybridized carbons (Fsp3) is 0.636. The predicted octanol–water partition coefficient (Wildman–Crippen LogP) is 3.71. The Hall–Kier alpha value is 0.140. The van der Waals surface area contributed by atoms with Gasteiger partial charge in [0, 0.05) is 21.3 Å². The van der Waals surface area contributed by atoms with Crippen LogP contribution in [0, 0.1) is 11.3 Å². The molecule has 0 saturated carbocycles. The summed E-state index contributed by atoms with van der Waals surface area (Å²) < 4.78 is 1.14. The van der Waals surface area contributed by atoms with Gasteiger partial charge in [-0.3, -0.25) is 0 Å². The SMILES string of the molecule is CC(C)(C)C(CO)Cc1cc(Br)cs1. The Morgan fingerprint density at radius 3 is 2.50 bits per heavy atom. The van der Waals surface area contributed by atoms with Gasteiger partial charge >= 0.3 is 0 Å². The highest BCUT2D eigenvalue weighted by Gasteiger charge is 2.24. The zero-order chi connectivity index (χ0) is 10.8. The van der Waals surface area contributed by atoms with Gasteiger partial charge < -0.3 is 5.11 Å². The van der Waals surface area contributed by atoms with Gasteiger partial charge in [0.2, 0.25) is 0 Å². The summed E-state index contributed by atoms with van der Waals surface area (Å²) in [5.41, 5.74) is 0.172. The van der Waals surface area contributed by atoms with Gasteiger partial charge in [-0.2, -0.15) is 0 Å². The zero-order valence-corrected chi connectivity index (χ0v) is 11.3. The minimum Gasteiger partial charge on any atom is -0.396 e. The average molecular weight is 277 g/mol. The van der Waals surface area contributed by atoms with Crippen molar-refractivity contribution >= 4 is 27.3 Å². The molecular formula is C11H17BrOS. The second-order valence-corrected chi connectivity index (χ2v) is 6.59. The van der Waals surface area contributed by atoms with Gasteiger partial charge in [-0.05, 0) is 39.8 Å². The van der Waals surface area contributed by atoms with Crippen molar-refractivity contribution in [3.63, 3.8) is 0 Å². The fourth-order valence-corrected chi connectivity index (χ4v) is 2.88. The molecule has 0 radical (unpaired) electrons. The summed E-state index contributed by atoms with van der Waals surface area (Å²) in [5, 5.41) is 11.4. The van der Waals surface area contributed by atoms with Crippen LogP contribution in [0.5, 0.6) is 0 Å². The van der Waals surface area contributed by atoms with Crippen molar-refractivity contribution in [1.29, 1.82) is 0 Å². The molecular weight excluding hydrogens is 260 g/mol. The van der Waals surface area contributed by atoms with Gasteiger partial charge in [-0.15, -0.1) is 11.3 Å². The van der Waals surface area contributed by atoms with E-state index in [0.717, 1.165) is 10.9 Å². The van der Waals surface area contributed by atoms with E-state index in [2.05, 4.69) is 48.1 Å². The summed E-state index contributed by atoms with van der Waals surface area (Å²) >= 11 is 5.19. The number of hydrogen-bond donors (Lipinski definition) is 1. The van der Waals surface area contributed by atoms with Crippen LogP contribution in [-0.4, -0.2) is 11.7 Å². The molecule has 0 spiro atoms. The third kappa shape index (κ3) is 3.37. The van der Waals surface area contributed by atoms with E-state index in [9.17, 15) is 5.11 Å². The lowest BCUT2D eigenvalue weighted by atomic mass is 9.79. The molecule has 1 unspecified atom stereocenters. The Morgan fingerprint density at radius 2 is 2.14 bits per heavy atom. The smallest absolute Gasteiger partial charge is 0.0467 e. The second kappa shape index (κ2) is 4.77. The van der Waals surface area contributed by atoms with Gasteiger partial charge in [0.15, 0.2) is 0 Å². The van der Waals surface area contributed by atoms with Crippen molar-refractivity contribution in [2.75, 3.05) is 6.61 Å². The molecule has 0 aliphatic carbocycles. The minimum atomic E-state index is 0.172. The largest absolute Gasteiger partial charge is 0.396 e. The standard InChI is InChI=1S/C11H17BrOS/c1-11(2,3)8(6-13)4-10-5-9(12)7-14-10/h5,7-8,13H,4,6H2,1-3H3. The van der Waals surface area contributed by atoms with E-state index >= 15 is 0 Å². The van der Waals surface area contributed by atoms with Crippen LogP contribution in [0.1, 0.15) is 25.6 Å². The van der Waals surface area contributed by atoms with Crippen molar-refractivity contribution in [3.05, 3.63) is 20.8 Å². The Bertz CT molecular complexity index is 288. The van der Waals surface area contributed by atoms with E-state index < -0.39 is 0 Å². The average Bonchev–Trinajstić information content (AvgIpc) is 2.45. The van der Waals surface area contributed by atoms with Crippen molar-refractivity contribution < 1.29 is 5.11 Å². The maximum Gasteiger partial charge on any atom is 0.0467 e. The number of thiophene rings is 1. The van der Waals surface area contributed by atoms with Gasteiger partial charge in [0.1, 0.15) is 0 Å². The first-order valence-corrected chi connectivity index (χ1v) is 6.44. The Morgan fingerprint density at radius 1 is 1.50 bits per heavy atom. The van der Waals surface area contributed by atoms with Crippen molar-refractivity contribution in [2.24, 2.45) is 11.3 Å². The van der Waals surface area contributed by atoms with Crippen LogP contribution < -0.4 is 0 Å². The molecule has 0 amide bonds. The number of aliphatic hydroxyl groups is 1. The zero-order valence-electron chi connectivity index (χ0n) is 8.88. The highest BCUT2D eigenvalue weighted by molar-refractivity contribution is 9.10. The maximum atomic E-state index is 9.32. The summed E-state index contributed by atoms with van der Waals surface area (Å²) in [6.45, 7) is 6.79. The van der Waals surface area contributed by atoms with Crippen molar-refractivity contribution in [3.8, 4) is 0 Å². The quantitative estimate of drug-likeness (QED) is 0.893. The first-order valence-electron chi connectivity index (χ1n) is 4.77. The third-order valence-electron chi connectivity index (χ3n) is 2.51. The Labute approximate surface area is 98.3 Å². The highest BCUT2D eigenvalue weighted by atomic mass is 79.9. The van der Waals surface area contributed by atoms with Crippen LogP contribution in [0.15, 0.2) is 15.9 Å². The van der Waals surface area contributed by atoms with Crippen LogP contribution in [-0.2, 0) is 6.42 Å². The number of rotatable bonds is 3. The molecule has 1 atom stereocenters. The molecule has 0 bridgehead atoms. The van der Waals surface area contributed by atoms with Crippen molar-refractivity contribution in [2.45, 2.75) is 27.2 Å². The lowest BCUT2D eigenvalue weighted by Crippen LogP contribution is -2.25. The van der Waals surface area contributed by atoms with E-state index in [1.165, 1.54) is 4.88 Å². The molecule has 1 aromatic rings. The number of aliphatic hydroxyl groups excluding tert-OH is 1. The van der Waals surface area contributed by atoms with E-state index in [1.807, 2.05) is 0 Å². The third-order valence-corrected chi connectivity index (χ3v) is 4.23. The fourth-order valence-electron chi connectivity index (χ4n) is 1.35. The second-order valence-electron chi connectivity index (χ2n) is 4.68. The van der Waals surface area contributed by atoms with Gasteiger partial charge in [-0.1, -0.05) is 20.8 Å². The topological polar surface area (TPSA) is 20.2 Å². The molecule has 1 N–H and O–H groups in total. The lowest BCUT2D eigenvalue weighted by molar-refractivity contribution is 0.132. The molecule has 14 heavy (non-hydrogen) atoms. The molecule has 1 nitrogen and oxygen atoms in total. The van der Waals surface area contributed by atoms with E-state index in [0.29, 0.717) is 5.92 Å². The van der Waals surface area contributed by atoms with Gasteiger partial charge in [0.25, 0.3) is 0 Å². The molecule has 1 heterocycles. The molecule has 1 rings (SSSR count). The van der Waals surface area contributed by atoms with E-state index in [-0.39, 0.29) is 12.0 Å². The molecule has 0 aromatic carbocycles. The predicted molar refractivity (Wildman–Crippen MR) is 65.8 cm³/mol. The normalized spacial score (nSPS) is 14.4. The van der Waals surface area contributed by atoms with Crippen LogP contribution in [0.2, 0.25) is 0 Å². The van der Waals surface area contributed by atoms with Crippen LogP contribution >= 0.6 is 27.3 Å². The lowest BCUT2D eigenvalue weighted by Gasteiger charge is -2.28. The summed E-state index contributed by atoms with van der Waals surface area (Å²) in [5.74, 6) is 0.341. The van der Waals surface area contributed by atoms with Gasteiger partial charge in [0.05, 0.1) is 0 Å². The monoisotopic (exact) mass is 276 g/mol. The summed E-state index contributed by atoms with van der Waals surface area (Å²) in [7, 11) is 0. The van der Waals surface area contributed by atoms with Crippen molar-refractivity contribution in [1.82, 2.24) is 0 Å². The van der Waals surface area contributed by atoms with Crippen LogP contribution in [0.4, 0.5) is 0 Å². The molecule has 0 saturated heterocycles. The molecule has 0 fully saturated rings. The van der Waals surface area contributed by atoms with Crippen LogP contribution in [0.3, 0.4) is 0 Å². The van der Waals surface area contributed by atoms with E-state index in [4.69, 9.17) is 0 Å². The maximum absolute atomic E-state index is 9.32. The summed E-state index contributed by atoms with van der Waals surface area (Å²) in [4.78, 5) is 1.34. The summed E-state index contributed by atoms with van der Waals surface area (Å²) in [6, 6.07) is 2.14. The molecule has 0 aliphatic heterocycles. The first kappa shape index (κ1) is 12.2. The Balaban J connectivity index is 2.66.